The van der Waals surface area contributed by atoms with Gasteiger partial charge in [-0.1, -0.05) is 45.8 Å². The van der Waals surface area contributed by atoms with Gasteiger partial charge in [0.1, 0.15) is 0 Å². The Balaban J connectivity index is 2.16. The van der Waals surface area contributed by atoms with Gasteiger partial charge >= 0.3 is 0 Å². The Hall–Kier alpha value is -0.843. The third-order valence-electron chi connectivity index (χ3n) is 8.30. The minimum Gasteiger partial charge on any atom is -0.472 e. The van der Waals surface area contributed by atoms with Gasteiger partial charge in [-0.25, -0.2) is 0 Å². The van der Waals surface area contributed by atoms with E-state index in [9.17, 15) is 5.11 Å². The molecule has 1 aliphatic carbocycles. The van der Waals surface area contributed by atoms with Crippen LogP contribution in [0.3, 0.4) is 0 Å². The summed E-state index contributed by atoms with van der Waals surface area (Å²) in [6, 6.07) is 1.89. The van der Waals surface area contributed by atoms with Crippen molar-refractivity contribution in [2.75, 3.05) is 6.61 Å². The van der Waals surface area contributed by atoms with Gasteiger partial charge in [0.25, 0.3) is 0 Å². The maximum Gasteiger partial charge on any atom is 0.191 e. The number of allylic oxidation sites excluding steroid dienone is 2. The number of hydrogen-bond acceptors (Lipinski definition) is 3. The minimum absolute atomic E-state index is 0.0680. The van der Waals surface area contributed by atoms with Gasteiger partial charge in [-0.3, -0.25) is 0 Å². The molecule has 172 valence electrons. The number of rotatable bonds is 8. The molecule has 4 atom stereocenters. The van der Waals surface area contributed by atoms with Crippen LogP contribution < -0.4 is 0 Å². The molecule has 0 amide bonds. The van der Waals surface area contributed by atoms with E-state index in [2.05, 4.69) is 61.6 Å². The molecule has 30 heavy (non-hydrogen) atoms. The van der Waals surface area contributed by atoms with Gasteiger partial charge in [0.15, 0.2) is 8.32 Å². The maximum absolute atomic E-state index is 11.0. The second-order valence-corrected chi connectivity index (χ2v) is 16.4. The summed E-state index contributed by atoms with van der Waals surface area (Å²) in [7, 11) is -1.70. The van der Waals surface area contributed by atoms with Crippen molar-refractivity contribution in [1.82, 2.24) is 0 Å². The summed E-state index contributed by atoms with van der Waals surface area (Å²) in [4.78, 5) is 0. The minimum atomic E-state index is -1.70. The molecule has 1 aliphatic rings. The van der Waals surface area contributed by atoms with Gasteiger partial charge in [0.05, 0.1) is 18.6 Å². The Morgan fingerprint density at radius 3 is 2.53 bits per heavy atom. The van der Waals surface area contributed by atoms with Gasteiger partial charge in [-0.15, -0.1) is 0 Å². The fourth-order valence-corrected chi connectivity index (χ4v) is 5.98. The second kappa shape index (κ2) is 9.75. The zero-order valence-electron chi connectivity index (χ0n) is 21.0. The van der Waals surface area contributed by atoms with E-state index in [0.29, 0.717) is 11.8 Å². The summed E-state index contributed by atoms with van der Waals surface area (Å²) in [6.45, 7) is 21.7. The van der Waals surface area contributed by atoms with Gasteiger partial charge in [-0.2, -0.15) is 0 Å². The predicted octanol–water partition coefficient (Wildman–Crippen LogP) is 7.89. The van der Waals surface area contributed by atoms with Crippen molar-refractivity contribution in [1.29, 1.82) is 0 Å². The molecule has 0 aliphatic heterocycles. The fraction of sp³-hybridized carbons (Fsp3) is 0.769. The van der Waals surface area contributed by atoms with Crippen LogP contribution in [0.2, 0.25) is 18.1 Å². The predicted molar refractivity (Wildman–Crippen MR) is 129 cm³/mol. The normalized spacial score (nSPS) is 26.7. The van der Waals surface area contributed by atoms with E-state index < -0.39 is 14.4 Å². The molecule has 1 aromatic heterocycles. The topological polar surface area (TPSA) is 42.6 Å². The lowest BCUT2D eigenvalue weighted by Gasteiger charge is -2.49. The molecule has 0 radical (unpaired) electrons. The Labute approximate surface area is 186 Å². The number of aliphatic hydroxyl groups is 1. The van der Waals surface area contributed by atoms with Crippen molar-refractivity contribution >= 4 is 8.32 Å². The second-order valence-electron chi connectivity index (χ2n) is 11.6. The van der Waals surface area contributed by atoms with E-state index in [1.165, 1.54) is 18.4 Å². The summed E-state index contributed by atoms with van der Waals surface area (Å²) < 4.78 is 11.7. The fourth-order valence-electron chi connectivity index (χ4n) is 4.89. The molecule has 1 heterocycles. The molecule has 0 bridgehead atoms. The van der Waals surface area contributed by atoms with E-state index >= 15 is 0 Å². The Kier molecular flexibility index (Phi) is 8.26. The lowest BCUT2D eigenvalue weighted by molar-refractivity contribution is 0.0126. The summed E-state index contributed by atoms with van der Waals surface area (Å²) in [5.74, 6) is 1.07. The first-order chi connectivity index (χ1) is 13.8. The quantitative estimate of drug-likeness (QED) is 0.257. The zero-order valence-corrected chi connectivity index (χ0v) is 22.0. The molecular weight excluding hydrogens is 388 g/mol. The Morgan fingerprint density at radius 1 is 1.33 bits per heavy atom. The Bertz CT molecular complexity index is 694. The standard InChI is InChI=1S/C26H46O3Si/c1-19(2)22-13-12-20(3)26(7,17-24(27)21-14-16-28-18-21)23(22)11-10-15-29-30(8,9)25(4,5)6/h14,16,18,20,23-24,27H,10-13,15,17H2,1-9H3/t20-,23-,24?,26-/m1/s1. The number of aliphatic hydroxyl groups excluding tert-OH is 1. The zero-order chi connectivity index (χ0) is 22.7. The van der Waals surface area contributed by atoms with Crippen LogP contribution in [0.1, 0.15) is 92.2 Å². The molecule has 1 unspecified atom stereocenters. The highest BCUT2D eigenvalue weighted by Crippen LogP contribution is 2.54. The van der Waals surface area contributed by atoms with Crippen LogP contribution in [0.15, 0.2) is 34.2 Å². The average Bonchev–Trinajstić information content (AvgIpc) is 3.15. The maximum atomic E-state index is 11.0. The van der Waals surface area contributed by atoms with Crippen LogP contribution in [0.4, 0.5) is 0 Å². The number of furan rings is 1. The van der Waals surface area contributed by atoms with E-state index in [1.807, 2.05) is 6.07 Å². The van der Waals surface area contributed by atoms with Crippen LogP contribution in [0.25, 0.3) is 0 Å². The van der Waals surface area contributed by atoms with E-state index in [4.69, 9.17) is 8.84 Å². The molecular formula is C26H46O3Si. The third kappa shape index (κ3) is 5.69. The third-order valence-corrected chi connectivity index (χ3v) is 12.8. The molecule has 4 heteroatoms. The van der Waals surface area contributed by atoms with Crippen molar-refractivity contribution in [3.05, 3.63) is 35.3 Å². The summed E-state index contributed by atoms with van der Waals surface area (Å²) in [5.41, 5.74) is 4.04. The van der Waals surface area contributed by atoms with Gasteiger partial charge in [0, 0.05) is 12.2 Å². The smallest absolute Gasteiger partial charge is 0.191 e. The lowest BCUT2D eigenvalue weighted by Crippen LogP contribution is -2.42. The SMILES string of the molecule is CC(C)=C1CC[C@@H](C)[C@@](C)(CC(O)c2ccoc2)[C@@H]1CCCO[Si](C)(C)C(C)(C)C. The highest BCUT2D eigenvalue weighted by Gasteiger charge is 2.45. The van der Waals surface area contributed by atoms with Crippen LogP contribution in [-0.4, -0.2) is 20.0 Å². The van der Waals surface area contributed by atoms with Crippen LogP contribution in [0.5, 0.6) is 0 Å². The summed E-state index contributed by atoms with van der Waals surface area (Å²) in [5, 5.41) is 11.2. The summed E-state index contributed by atoms with van der Waals surface area (Å²) in [6.07, 6.45) is 8.25. The lowest BCUT2D eigenvalue weighted by atomic mass is 9.56. The molecule has 1 aromatic rings. The highest BCUT2D eigenvalue weighted by molar-refractivity contribution is 6.74. The largest absolute Gasteiger partial charge is 0.472 e. The van der Waals surface area contributed by atoms with Crippen molar-refractivity contribution in [3.63, 3.8) is 0 Å². The molecule has 1 N–H and O–H groups in total. The first-order valence-electron chi connectivity index (χ1n) is 11.8. The number of hydrogen-bond donors (Lipinski definition) is 1. The molecule has 0 saturated heterocycles. The highest BCUT2D eigenvalue weighted by atomic mass is 28.4. The van der Waals surface area contributed by atoms with Crippen molar-refractivity contribution in [3.8, 4) is 0 Å². The molecule has 0 spiro atoms. The molecule has 3 nitrogen and oxygen atoms in total. The van der Waals surface area contributed by atoms with E-state index in [-0.39, 0.29) is 10.5 Å². The van der Waals surface area contributed by atoms with Crippen molar-refractivity contribution in [2.45, 2.75) is 105 Å². The van der Waals surface area contributed by atoms with Crippen molar-refractivity contribution in [2.24, 2.45) is 17.3 Å². The van der Waals surface area contributed by atoms with Crippen LogP contribution in [0, 0.1) is 17.3 Å². The Morgan fingerprint density at radius 2 is 2.00 bits per heavy atom. The van der Waals surface area contributed by atoms with Gasteiger partial charge < -0.3 is 13.9 Å². The van der Waals surface area contributed by atoms with Crippen LogP contribution in [-0.2, 0) is 4.43 Å². The van der Waals surface area contributed by atoms with Gasteiger partial charge in [0.2, 0.25) is 0 Å². The first-order valence-corrected chi connectivity index (χ1v) is 14.7. The molecule has 1 fully saturated rings. The average molecular weight is 435 g/mol. The van der Waals surface area contributed by atoms with Crippen molar-refractivity contribution < 1.29 is 13.9 Å². The summed E-state index contributed by atoms with van der Waals surface area (Å²) >= 11 is 0. The van der Waals surface area contributed by atoms with E-state index in [1.54, 1.807) is 18.1 Å². The molecule has 0 aromatic carbocycles. The van der Waals surface area contributed by atoms with Crippen LogP contribution >= 0.6 is 0 Å². The molecule has 2 rings (SSSR count). The monoisotopic (exact) mass is 434 g/mol. The molecule has 1 saturated carbocycles. The first kappa shape index (κ1) is 25.4. The van der Waals surface area contributed by atoms with E-state index in [0.717, 1.165) is 31.4 Å². The van der Waals surface area contributed by atoms with Gasteiger partial charge in [-0.05, 0) is 87.4 Å².